The molecule has 0 atom stereocenters. The first-order chi connectivity index (χ1) is 13.7. The number of anilines is 2. The van der Waals surface area contributed by atoms with Crippen LogP contribution in [0.25, 0.3) is 10.9 Å². The van der Waals surface area contributed by atoms with Crippen LogP contribution in [-0.4, -0.2) is 42.0 Å². The van der Waals surface area contributed by atoms with Crippen LogP contribution in [0.2, 0.25) is 0 Å². The molecule has 1 N–H and O–H groups in total. The predicted octanol–water partition coefficient (Wildman–Crippen LogP) is 2.26. The number of carbonyl (C=O) groups is 1. The Morgan fingerprint density at radius 2 is 1.93 bits per heavy atom. The Bertz CT molecular complexity index is 1040. The average molecular weight is 378 g/mol. The minimum Gasteiger partial charge on any atom is -0.378 e. The summed E-state index contributed by atoms with van der Waals surface area (Å²) in [6.07, 6.45) is 1.56. The SMILES string of the molecule is O=C(CCn1ncc(=O)c2ccccc21)Nc1cccc(N2CCOCC2)c1. The molecule has 0 spiro atoms. The number of aryl methyl sites for hydroxylation is 1. The first-order valence-electron chi connectivity index (χ1n) is 9.38. The number of hydrogen-bond acceptors (Lipinski definition) is 5. The van der Waals surface area contributed by atoms with Crippen molar-refractivity contribution in [2.75, 3.05) is 36.5 Å². The van der Waals surface area contributed by atoms with E-state index in [1.54, 1.807) is 10.7 Å². The molecule has 144 valence electrons. The topological polar surface area (TPSA) is 76.5 Å². The molecule has 0 bridgehead atoms. The highest BCUT2D eigenvalue weighted by Gasteiger charge is 2.12. The number of nitrogens with zero attached hydrogens (tertiary/aromatic N) is 3. The summed E-state index contributed by atoms with van der Waals surface area (Å²) in [4.78, 5) is 26.6. The minimum absolute atomic E-state index is 0.0938. The van der Waals surface area contributed by atoms with Gasteiger partial charge in [0, 0.05) is 36.3 Å². The number of para-hydroxylation sites is 1. The van der Waals surface area contributed by atoms with E-state index in [-0.39, 0.29) is 17.8 Å². The number of benzene rings is 2. The van der Waals surface area contributed by atoms with Crippen LogP contribution in [0.15, 0.2) is 59.5 Å². The lowest BCUT2D eigenvalue weighted by molar-refractivity contribution is -0.116. The molecule has 2 aromatic carbocycles. The van der Waals surface area contributed by atoms with Gasteiger partial charge in [-0.05, 0) is 30.3 Å². The van der Waals surface area contributed by atoms with E-state index in [1.807, 2.05) is 42.5 Å². The predicted molar refractivity (Wildman–Crippen MR) is 109 cm³/mol. The summed E-state index contributed by atoms with van der Waals surface area (Å²) < 4.78 is 7.08. The molecule has 7 nitrogen and oxygen atoms in total. The minimum atomic E-state index is -0.115. The normalized spacial score (nSPS) is 14.2. The third-order valence-corrected chi connectivity index (χ3v) is 4.82. The van der Waals surface area contributed by atoms with Gasteiger partial charge in [0.25, 0.3) is 0 Å². The maximum Gasteiger partial charge on any atom is 0.226 e. The number of fused-ring (bicyclic) bond motifs is 1. The first-order valence-corrected chi connectivity index (χ1v) is 9.38. The number of rotatable bonds is 5. The van der Waals surface area contributed by atoms with Crippen LogP contribution in [0, 0.1) is 0 Å². The van der Waals surface area contributed by atoms with E-state index >= 15 is 0 Å². The van der Waals surface area contributed by atoms with Crippen LogP contribution >= 0.6 is 0 Å². The molecule has 7 heteroatoms. The Labute approximate surface area is 162 Å². The molecule has 0 aliphatic carbocycles. The second kappa shape index (κ2) is 8.22. The molecule has 28 heavy (non-hydrogen) atoms. The Morgan fingerprint density at radius 1 is 1.11 bits per heavy atom. The van der Waals surface area contributed by atoms with Gasteiger partial charge in [0.1, 0.15) is 0 Å². The fourth-order valence-electron chi connectivity index (χ4n) is 3.37. The number of carbonyl (C=O) groups excluding carboxylic acids is 1. The quantitative estimate of drug-likeness (QED) is 0.737. The highest BCUT2D eigenvalue weighted by molar-refractivity contribution is 5.91. The number of morpholine rings is 1. The van der Waals surface area contributed by atoms with E-state index in [0.717, 1.165) is 43.2 Å². The van der Waals surface area contributed by atoms with Gasteiger partial charge in [0.2, 0.25) is 11.3 Å². The summed E-state index contributed by atoms with van der Waals surface area (Å²) in [5, 5.41) is 7.73. The zero-order valence-electron chi connectivity index (χ0n) is 15.5. The van der Waals surface area contributed by atoms with Gasteiger partial charge in [0.05, 0.1) is 31.5 Å². The Balaban J connectivity index is 1.41. The highest BCUT2D eigenvalue weighted by atomic mass is 16.5. The van der Waals surface area contributed by atoms with E-state index in [0.29, 0.717) is 11.9 Å². The third kappa shape index (κ3) is 4.04. The van der Waals surface area contributed by atoms with Gasteiger partial charge < -0.3 is 15.0 Å². The second-order valence-corrected chi connectivity index (χ2v) is 6.70. The summed E-state index contributed by atoms with van der Waals surface area (Å²) in [6, 6.07) is 15.1. The van der Waals surface area contributed by atoms with Crippen LogP contribution < -0.4 is 15.6 Å². The summed E-state index contributed by atoms with van der Waals surface area (Å²) in [5.41, 5.74) is 2.47. The molecular weight excluding hydrogens is 356 g/mol. The van der Waals surface area contributed by atoms with Crippen LogP contribution in [0.4, 0.5) is 11.4 Å². The lowest BCUT2D eigenvalue weighted by atomic mass is 10.2. The van der Waals surface area contributed by atoms with Gasteiger partial charge >= 0.3 is 0 Å². The smallest absolute Gasteiger partial charge is 0.226 e. The number of aromatic nitrogens is 2. The highest BCUT2D eigenvalue weighted by Crippen LogP contribution is 2.20. The molecular formula is C21H22N4O3. The number of amides is 1. The van der Waals surface area contributed by atoms with Crippen molar-refractivity contribution in [3.05, 3.63) is 65.0 Å². The fraction of sp³-hybridized carbons (Fsp3) is 0.286. The molecule has 1 saturated heterocycles. The van der Waals surface area contributed by atoms with Crippen molar-refractivity contribution in [1.82, 2.24) is 9.78 Å². The summed E-state index contributed by atoms with van der Waals surface area (Å²) >= 11 is 0. The lowest BCUT2D eigenvalue weighted by Gasteiger charge is -2.29. The molecule has 3 aromatic rings. The molecule has 1 aromatic heterocycles. The van der Waals surface area contributed by atoms with Crippen molar-refractivity contribution in [3.8, 4) is 0 Å². The molecule has 1 fully saturated rings. The van der Waals surface area contributed by atoms with Crippen molar-refractivity contribution in [2.45, 2.75) is 13.0 Å². The fourth-order valence-corrected chi connectivity index (χ4v) is 3.37. The lowest BCUT2D eigenvalue weighted by Crippen LogP contribution is -2.36. The monoisotopic (exact) mass is 378 g/mol. The maximum absolute atomic E-state index is 12.4. The molecule has 4 rings (SSSR count). The van der Waals surface area contributed by atoms with Crippen LogP contribution in [0.5, 0.6) is 0 Å². The first kappa shape index (κ1) is 18.2. The Hall–Kier alpha value is -3.19. The largest absolute Gasteiger partial charge is 0.378 e. The van der Waals surface area contributed by atoms with Crippen molar-refractivity contribution in [3.63, 3.8) is 0 Å². The van der Waals surface area contributed by atoms with Gasteiger partial charge in [-0.15, -0.1) is 0 Å². The van der Waals surface area contributed by atoms with E-state index in [9.17, 15) is 9.59 Å². The van der Waals surface area contributed by atoms with Crippen LogP contribution in [-0.2, 0) is 16.1 Å². The number of nitrogens with one attached hydrogen (secondary N) is 1. The third-order valence-electron chi connectivity index (χ3n) is 4.82. The Kier molecular flexibility index (Phi) is 5.34. The summed E-state index contributed by atoms with van der Waals surface area (Å²) in [5.74, 6) is -0.0938. The summed E-state index contributed by atoms with van der Waals surface area (Å²) in [7, 11) is 0. The van der Waals surface area contributed by atoms with Gasteiger partial charge in [-0.1, -0.05) is 18.2 Å². The van der Waals surface area contributed by atoms with E-state index in [1.165, 1.54) is 6.20 Å². The van der Waals surface area contributed by atoms with Crippen molar-refractivity contribution in [1.29, 1.82) is 0 Å². The molecule has 0 unspecified atom stereocenters. The average Bonchev–Trinajstić information content (AvgIpc) is 2.74. The van der Waals surface area contributed by atoms with Crippen molar-refractivity contribution < 1.29 is 9.53 Å². The zero-order valence-corrected chi connectivity index (χ0v) is 15.5. The van der Waals surface area contributed by atoms with Crippen LogP contribution in [0.1, 0.15) is 6.42 Å². The van der Waals surface area contributed by atoms with Gasteiger partial charge in [-0.25, -0.2) is 0 Å². The summed E-state index contributed by atoms with van der Waals surface area (Å²) in [6.45, 7) is 3.54. The van der Waals surface area contributed by atoms with Gasteiger partial charge in [-0.3, -0.25) is 14.3 Å². The van der Waals surface area contributed by atoms with E-state index in [4.69, 9.17) is 4.74 Å². The molecule has 1 aliphatic heterocycles. The van der Waals surface area contributed by atoms with Crippen molar-refractivity contribution in [2.24, 2.45) is 0 Å². The molecule has 1 aliphatic rings. The molecule has 0 saturated carbocycles. The number of ether oxygens (including phenoxy) is 1. The zero-order chi connectivity index (χ0) is 19.3. The molecule has 2 heterocycles. The van der Waals surface area contributed by atoms with E-state index in [2.05, 4.69) is 15.3 Å². The number of hydrogen-bond donors (Lipinski definition) is 1. The molecule has 0 radical (unpaired) electrons. The Morgan fingerprint density at radius 3 is 2.79 bits per heavy atom. The van der Waals surface area contributed by atoms with Crippen molar-refractivity contribution >= 4 is 28.2 Å². The molecule has 1 amide bonds. The second-order valence-electron chi connectivity index (χ2n) is 6.70. The van der Waals surface area contributed by atoms with E-state index < -0.39 is 0 Å². The standard InChI is InChI=1S/C21H22N4O3/c26-20-15-22-25(19-7-2-1-6-18(19)20)9-8-21(27)23-16-4-3-5-17(14-16)24-10-12-28-13-11-24/h1-7,14-15H,8-13H2,(H,23,27). The van der Waals surface area contributed by atoms with Crippen LogP contribution in [0.3, 0.4) is 0 Å². The maximum atomic E-state index is 12.4. The van der Waals surface area contributed by atoms with Gasteiger partial charge in [-0.2, -0.15) is 5.10 Å². The van der Waals surface area contributed by atoms with Gasteiger partial charge in [0.15, 0.2) is 0 Å².